The van der Waals surface area contributed by atoms with Crippen molar-refractivity contribution in [3.63, 3.8) is 0 Å². The molecule has 1 aromatic heterocycles. The molecule has 0 aliphatic rings. The van der Waals surface area contributed by atoms with E-state index in [1.807, 2.05) is 0 Å². The maximum atomic E-state index is 13.0. The Morgan fingerprint density at radius 2 is 1.63 bits per heavy atom. The smallest absolute Gasteiger partial charge is 0.397 e. The van der Waals surface area contributed by atoms with Gasteiger partial charge in [0, 0.05) is 45.3 Å². The van der Waals surface area contributed by atoms with Gasteiger partial charge in [0.15, 0.2) is 26.6 Å². The molecule has 0 atom stereocenters. The quantitative estimate of drug-likeness (QED) is 0.00413. The van der Waals surface area contributed by atoms with E-state index < -0.39 is 88.4 Å². The molecule has 4 aromatic carbocycles. The fraction of sp³-hybridized carbons (Fsp3) is 0.143. The second-order valence-corrected chi connectivity index (χ2v) is 18.8. The summed E-state index contributed by atoms with van der Waals surface area (Å²) in [4.78, 5) is 36.7. The van der Waals surface area contributed by atoms with Crippen molar-refractivity contribution in [2.45, 2.75) is 26.8 Å². The number of aromatic carboxylic acids is 1. The fourth-order valence-electron chi connectivity index (χ4n) is 5.21. The number of rotatable bonds is 22. The number of nitrogens with zero attached hydrogens (tertiary/aromatic N) is 8. The summed E-state index contributed by atoms with van der Waals surface area (Å²) in [5, 5.41) is 57.1. The number of phenolic OH excluding ortho intramolecular Hbond substituents is 1. The van der Waals surface area contributed by atoms with Crippen molar-refractivity contribution in [3.8, 4) is 5.75 Å². The first kappa shape index (κ1) is 53.7. The molecule has 0 saturated carbocycles. The Labute approximate surface area is 398 Å². The van der Waals surface area contributed by atoms with Crippen LogP contribution in [0.15, 0.2) is 120 Å². The molecular formula is C35H32CuN9O17S5-. The van der Waals surface area contributed by atoms with Crippen molar-refractivity contribution in [2.24, 2.45) is 15.3 Å². The molecule has 7 N–H and O–H groups in total. The van der Waals surface area contributed by atoms with Gasteiger partial charge in [0.2, 0.25) is 11.9 Å². The van der Waals surface area contributed by atoms with Crippen LogP contribution in [0.4, 0.5) is 34.6 Å². The first-order valence-electron chi connectivity index (χ1n) is 17.9. The third kappa shape index (κ3) is 15.6. The Balaban J connectivity index is 0.00000980. The van der Waals surface area contributed by atoms with Crippen molar-refractivity contribution in [2.75, 3.05) is 34.9 Å². The minimum absolute atomic E-state index is 0. The zero-order valence-corrected chi connectivity index (χ0v) is 38.5. The summed E-state index contributed by atoms with van der Waals surface area (Å²) in [6, 6.07) is 18.3. The van der Waals surface area contributed by atoms with Crippen LogP contribution >= 0.6 is 23.8 Å². The molecule has 1 radical (unpaired) electrons. The molecule has 67 heavy (non-hydrogen) atoms. The Morgan fingerprint density at radius 3 is 2.27 bits per heavy atom. The first-order valence-corrected chi connectivity index (χ1v) is 24.1. The van der Waals surface area contributed by atoms with Crippen LogP contribution < -0.4 is 10.2 Å². The number of sulfone groups is 1. The van der Waals surface area contributed by atoms with Crippen LogP contribution in [0.25, 0.3) is 5.43 Å². The molecule has 0 saturated heterocycles. The Kier molecular flexibility index (Phi) is 19.0. The van der Waals surface area contributed by atoms with Gasteiger partial charge in [-0.25, -0.2) is 22.7 Å². The third-order valence-corrected chi connectivity index (χ3v) is 12.4. The summed E-state index contributed by atoms with van der Waals surface area (Å²) in [5.41, 5.74) is 2.75. The number of anilines is 4. The number of aliphatic carboxylic acids is 1. The van der Waals surface area contributed by atoms with Gasteiger partial charge in [0.1, 0.15) is 5.69 Å². The average Bonchev–Trinajstić information content (AvgIpc) is 3.25. The van der Waals surface area contributed by atoms with Crippen LogP contribution in [0.5, 0.6) is 5.75 Å². The number of amidine groups is 1. The number of phenols is 1. The van der Waals surface area contributed by atoms with Crippen LogP contribution in [0.1, 0.15) is 22.8 Å². The van der Waals surface area contributed by atoms with E-state index in [9.17, 15) is 54.7 Å². The molecule has 0 aliphatic heterocycles. The summed E-state index contributed by atoms with van der Waals surface area (Å²) in [7, 11) is -14.2. The number of hydrogen-bond donors (Lipinski definition) is 7. The van der Waals surface area contributed by atoms with Crippen LogP contribution in [-0.4, -0.2) is 112 Å². The number of carboxylic acid groups (broad SMARTS) is 2. The number of hydrogen-bond acceptors (Lipinski definition) is 22. The minimum Gasteiger partial charge on any atom is -0.573 e. The molecule has 5 rings (SSSR count). The Bertz CT molecular complexity index is 3010. The van der Waals surface area contributed by atoms with E-state index in [4.69, 9.17) is 9.81 Å². The van der Waals surface area contributed by atoms with Gasteiger partial charge in [-0.1, -0.05) is 59.3 Å². The molecule has 0 fully saturated rings. The SMILES string of the molecule is CCN(c1cccc(S(=O)(=O)CCOS(=O)(=O)O)c1)c1nc(Nc2cc(S(=O)(=O)O)cc(N=NC(=N[N-]c3cc(SOOO)ccc3C(=O)O)c3ccccc3)c2O)nc(SCC(=O)O)n1.[Cu]. The largest absolute Gasteiger partial charge is 0.573 e. The van der Waals surface area contributed by atoms with Crippen LogP contribution in [0, 0.1) is 0 Å². The number of thioether (sulfide) groups is 1. The number of azo groups is 1. The fourth-order valence-corrected chi connectivity index (χ4v) is 8.20. The Hall–Kier alpha value is -5.87. The van der Waals surface area contributed by atoms with Gasteiger partial charge < -0.3 is 36.1 Å². The number of carboxylic acids is 2. The standard InChI is InChI=1S/C35H33N9O17S5.Cu/c1-2-44(21-9-6-10-23(15-21)64(51,52)14-13-59-66(56,57)58)34-37-33(38-35(39-34)62-19-29(45)46)36-27-17-24(65(53,54)55)18-28(30(27)47)41-43-31(20-7-4-3-5-8-20)42-40-26-16-22(63-61-60-50)11-12-25(26)32(48)49;/h3-12,15-18H,2,13-14,19H2,1H3,(H8,36,37,38,39,40,41,42,43,45,46,47,48,49,50,53,54,55,56,57,58);/p-1. The summed E-state index contributed by atoms with van der Waals surface area (Å²) in [5.74, 6) is -5.86. The molecule has 0 amide bonds. The number of nitrogens with one attached hydrogen (secondary N) is 1. The van der Waals surface area contributed by atoms with Crippen LogP contribution in [-0.2, 0) is 65.8 Å². The van der Waals surface area contributed by atoms with Crippen molar-refractivity contribution < 1.29 is 95.1 Å². The molecule has 0 aliphatic carbocycles. The van der Waals surface area contributed by atoms with Gasteiger partial charge in [-0.3, -0.25) is 13.9 Å². The normalized spacial score (nSPS) is 12.1. The molecule has 0 bridgehead atoms. The van der Waals surface area contributed by atoms with Crippen molar-refractivity contribution in [1.82, 2.24) is 15.0 Å². The number of benzene rings is 4. The van der Waals surface area contributed by atoms with Gasteiger partial charge in [-0.05, 0) is 49.4 Å². The van der Waals surface area contributed by atoms with Gasteiger partial charge in [-0.2, -0.15) is 31.8 Å². The number of aromatic nitrogens is 3. The second kappa shape index (κ2) is 23.7. The van der Waals surface area contributed by atoms with Crippen LogP contribution in [0.2, 0.25) is 0 Å². The first-order chi connectivity index (χ1) is 31.2. The minimum atomic E-state index is -5.06. The van der Waals surface area contributed by atoms with E-state index in [1.165, 1.54) is 59.5 Å². The predicted molar refractivity (Wildman–Crippen MR) is 233 cm³/mol. The van der Waals surface area contributed by atoms with E-state index in [2.05, 4.69) is 54.6 Å². The summed E-state index contributed by atoms with van der Waals surface area (Å²) in [6.45, 7) is 0.751. The van der Waals surface area contributed by atoms with Gasteiger partial charge in [0.25, 0.3) is 10.1 Å². The maximum absolute atomic E-state index is 13.0. The molecule has 26 nitrogen and oxygen atoms in total. The molecule has 32 heteroatoms. The molecule has 1 heterocycles. The van der Waals surface area contributed by atoms with E-state index in [0.717, 1.165) is 12.1 Å². The second-order valence-electron chi connectivity index (χ2n) is 12.5. The van der Waals surface area contributed by atoms with Crippen molar-refractivity contribution in [3.05, 3.63) is 101 Å². The third-order valence-electron chi connectivity index (χ3n) is 8.06. The van der Waals surface area contributed by atoms with Crippen molar-refractivity contribution in [1.29, 1.82) is 0 Å². The zero-order valence-electron chi connectivity index (χ0n) is 33.5. The number of carbonyl (C=O) groups is 2. The maximum Gasteiger partial charge on any atom is 0.397 e. The predicted octanol–water partition coefficient (Wildman–Crippen LogP) is 5.77. The summed E-state index contributed by atoms with van der Waals surface area (Å²) >= 11 is 1.13. The van der Waals surface area contributed by atoms with Crippen molar-refractivity contribution >= 4 is 107 Å². The molecular weight excluding hydrogens is 1040 g/mol. The topological polar surface area (TPSA) is 391 Å². The van der Waals surface area contributed by atoms with Gasteiger partial charge >= 0.3 is 22.3 Å². The van der Waals surface area contributed by atoms with Gasteiger partial charge in [0.05, 0.1) is 45.6 Å². The molecule has 5 aromatic rings. The summed E-state index contributed by atoms with van der Waals surface area (Å²) in [6.07, 6.45) is 0. The van der Waals surface area contributed by atoms with E-state index >= 15 is 0 Å². The molecule has 361 valence electrons. The van der Waals surface area contributed by atoms with E-state index in [0.29, 0.717) is 23.8 Å². The van der Waals surface area contributed by atoms with Gasteiger partial charge in [-0.15, -0.1) is 20.2 Å². The monoisotopic (exact) mass is 1070 g/mol. The average molecular weight is 1070 g/mol. The Morgan fingerprint density at radius 1 is 0.896 bits per heavy atom. The molecule has 0 unspecified atom stereocenters. The zero-order chi connectivity index (χ0) is 48.2. The number of aromatic hydroxyl groups is 1. The summed E-state index contributed by atoms with van der Waals surface area (Å²) < 4.78 is 100. The van der Waals surface area contributed by atoms with E-state index in [1.54, 1.807) is 25.1 Å². The van der Waals surface area contributed by atoms with E-state index in [-0.39, 0.29) is 72.8 Å². The van der Waals surface area contributed by atoms with Crippen LogP contribution in [0.3, 0.4) is 0 Å². The molecule has 0 spiro atoms.